The Morgan fingerprint density at radius 1 is 1.27 bits per heavy atom. The highest BCUT2D eigenvalue weighted by atomic mass is 32.2. The number of allylic oxidation sites excluding steroid dienone is 1. The van der Waals surface area contributed by atoms with E-state index in [-0.39, 0.29) is 23.5 Å². The van der Waals surface area contributed by atoms with E-state index in [9.17, 15) is 0 Å². The van der Waals surface area contributed by atoms with Crippen molar-refractivity contribution >= 4 is 18.9 Å². The second-order valence-corrected chi connectivity index (χ2v) is 6.11. The van der Waals surface area contributed by atoms with E-state index in [1.165, 1.54) is 0 Å². The number of hydrogen-bond donors (Lipinski definition) is 0. The Bertz CT molecular complexity index is 307. The van der Waals surface area contributed by atoms with Gasteiger partial charge in [-0.05, 0) is 38.7 Å². The van der Waals surface area contributed by atoms with Gasteiger partial charge >= 0.3 is 7.12 Å². The Kier molecular flexibility index (Phi) is 2.57. The average Bonchev–Trinajstić information content (AvgIpc) is 2.55. The summed E-state index contributed by atoms with van der Waals surface area (Å²) < 4.78 is 11.9. The van der Waals surface area contributed by atoms with Crippen LogP contribution in [0.1, 0.15) is 27.7 Å². The molecule has 2 heterocycles. The van der Waals surface area contributed by atoms with Crippen molar-refractivity contribution in [3.05, 3.63) is 23.6 Å². The SMILES string of the molecule is C=C1C=CSC1B1OC(C)(C)C(C)(C)O1. The standard InChI is InChI=1S/C11H17BO2S/c1-8-6-7-15-9(8)12-13-10(2,3)11(4,5)14-12/h6-7,9H,1H2,2-5H3. The summed E-state index contributed by atoms with van der Waals surface area (Å²) in [4.78, 5) is 0. The maximum Gasteiger partial charge on any atom is 0.476 e. The topological polar surface area (TPSA) is 18.5 Å². The minimum atomic E-state index is -0.249. The minimum absolute atomic E-state index is 0.178. The van der Waals surface area contributed by atoms with Crippen molar-refractivity contribution in [1.29, 1.82) is 0 Å². The lowest BCUT2D eigenvalue weighted by Crippen LogP contribution is -2.41. The van der Waals surface area contributed by atoms with Crippen LogP contribution >= 0.6 is 11.8 Å². The molecule has 0 amide bonds. The molecule has 0 aromatic heterocycles. The predicted molar refractivity (Wildman–Crippen MR) is 65.7 cm³/mol. The van der Waals surface area contributed by atoms with E-state index >= 15 is 0 Å². The van der Waals surface area contributed by atoms with Crippen molar-refractivity contribution in [3.63, 3.8) is 0 Å². The van der Waals surface area contributed by atoms with Gasteiger partial charge in [-0.25, -0.2) is 0 Å². The van der Waals surface area contributed by atoms with Crippen molar-refractivity contribution < 1.29 is 9.31 Å². The molecule has 1 fully saturated rings. The summed E-state index contributed by atoms with van der Waals surface area (Å²) in [5, 5.41) is 2.27. The molecule has 82 valence electrons. The van der Waals surface area contributed by atoms with Crippen LogP contribution < -0.4 is 0 Å². The molecule has 15 heavy (non-hydrogen) atoms. The van der Waals surface area contributed by atoms with Gasteiger partial charge in [-0.3, -0.25) is 0 Å². The van der Waals surface area contributed by atoms with Gasteiger partial charge in [0.25, 0.3) is 0 Å². The second kappa shape index (κ2) is 3.40. The van der Waals surface area contributed by atoms with Gasteiger partial charge in [0.15, 0.2) is 0 Å². The van der Waals surface area contributed by atoms with Gasteiger partial charge in [0.05, 0.1) is 16.4 Å². The zero-order valence-corrected chi connectivity index (χ0v) is 10.6. The summed E-state index contributed by atoms with van der Waals surface area (Å²) in [6, 6.07) is 0. The first-order chi connectivity index (χ1) is 6.83. The van der Waals surface area contributed by atoms with Crippen LogP contribution in [0.15, 0.2) is 23.6 Å². The van der Waals surface area contributed by atoms with Crippen LogP contribution in [0, 0.1) is 0 Å². The van der Waals surface area contributed by atoms with Crippen LogP contribution in [0.3, 0.4) is 0 Å². The van der Waals surface area contributed by atoms with Crippen molar-refractivity contribution in [3.8, 4) is 0 Å². The highest BCUT2D eigenvalue weighted by molar-refractivity contribution is 8.04. The van der Waals surface area contributed by atoms with Crippen molar-refractivity contribution in [2.75, 3.05) is 0 Å². The number of thioether (sulfide) groups is 1. The summed E-state index contributed by atoms with van der Waals surface area (Å²) in [6.45, 7) is 12.3. The Morgan fingerprint density at radius 3 is 2.20 bits per heavy atom. The first-order valence-electron chi connectivity index (χ1n) is 5.20. The van der Waals surface area contributed by atoms with Crippen molar-refractivity contribution in [2.45, 2.75) is 44.0 Å². The molecule has 0 saturated carbocycles. The molecule has 2 nitrogen and oxygen atoms in total. The Balaban J connectivity index is 2.13. The molecule has 1 atom stereocenters. The van der Waals surface area contributed by atoms with Crippen molar-refractivity contribution in [2.24, 2.45) is 0 Å². The van der Waals surface area contributed by atoms with Crippen molar-refractivity contribution in [1.82, 2.24) is 0 Å². The molecule has 2 aliphatic rings. The number of rotatable bonds is 1. The lowest BCUT2D eigenvalue weighted by atomic mass is 9.80. The smallest absolute Gasteiger partial charge is 0.402 e. The summed E-state index contributed by atoms with van der Waals surface area (Å²) in [7, 11) is -0.178. The van der Waals surface area contributed by atoms with Gasteiger partial charge in [0.2, 0.25) is 0 Å². The molecule has 1 unspecified atom stereocenters. The van der Waals surface area contributed by atoms with Gasteiger partial charge in [0.1, 0.15) is 0 Å². The zero-order chi connectivity index (χ0) is 11.3. The second-order valence-electron chi connectivity index (χ2n) is 5.06. The molecule has 1 saturated heterocycles. The first-order valence-corrected chi connectivity index (χ1v) is 6.14. The predicted octanol–water partition coefficient (Wildman–Crippen LogP) is 2.80. The molecule has 0 aromatic carbocycles. The van der Waals surface area contributed by atoms with Gasteiger partial charge in [-0.1, -0.05) is 12.7 Å². The molecule has 0 radical (unpaired) electrons. The highest BCUT2D eigenvalue weighted by Crippen LogP contribution is 2.42. The molecule has 0 spiro atoms. The van der Waals surface area contributed by atoms with E-state index in [0.29, 0.717) is 0 Å². The van der Waals surface area contributed by atoms with Gasteiger partial charge in [0, 0.05) is 0 Å². The van der Waals surface area contributed by atoms with E-state index < -0.39 is 0 Å². The minimum Gasteiger partial charge on any atom is -0.402 e. The van der Waals surface area contributed by atoms with E-state index in [4.69, 9.17) is 9.31 Å². The Hall–Kier alpha value is -0.185. The normalized spacial score (nSPS) is 32.7. The van der Waals surface area contributed by atoms with Crippen LogP contribution in [0.5, 0.6) is 0 Å². The molecule has 0 bridgehead atoms. The molecule has 2 aliphatic heterocycles. The van der Waals surface area contributed by atoms with Crippen LogP contribution in [0.4, 0.5) is 0 Å². The summed E-state index contributed by atoms with van der Waals surface area (Å²) in [6.07, 6.45) is 2.03. The fourth-order valence-electron chi connectivity index (χ4n) is 1.64. The molecular formula is C11H17BO2S. The molecule has 2 rings (SSSR count). The van der Waals surface area contributed by atoms with E-state index in [1.807, 2.05) is 6.08 Å². The third kappa shape index (κ3) is 1.79. The zero-order valence-electron chi connectivity index (χ0n) is 9.74. The van der Waals surface area contributed by atoms with Gasteiger partial charge in [-0.2, -0.15) is 0 Å². The van der Waals surface area contributed by atoms with Crippen LogP contribution in [-0.2, 0) is 9.31 Å². The monoisotopic (exact) mass is 224 g/mol. The molecule has 4 heteroatoms. The fraction of sp³-hybridized carbons (Fsp3) is 0.636. The third-order valence-corrected chi connectivity index (χ3v) is 4.50. The summed E-state index contributed by atoms with van der Waals surface area (Å²) in [5.41, 5.74) is 0.584. The maximum absolute atomic E-state index is 5.97. The lowest BCUT2D eigenvalue weighted by molar-refractivity contribution is 0.00578. The highest BCUT2D eigenvalue weighted by Gasteiger charge is 2.54. The summed E-state index contributed by atoms with van der Waals surface area (Å²) >= 11 is 1.72. The fourth-order valence-corrected chi connectivity index (χ4v) is 2.56. The average molecular weight is 224 g/mol. The molecule has 0 N–H and O–H groups in total. The van der Waals surface area contributed by atoms with Crippen LogP contribution in [-0.4, -0.2) is 23.5 Å². The Labute approximate surface area is 96.2 Å². The largest absolute Gasteiger partial charge is 0.476 e. The molecule has 0 aromatic rings. The van der Waals surface area contributed by atoms with Crippen LogP contribution in [0.25, 0.3) is 0 Å². The van der Waals surface area contributed by atoms with Gasteiger partial charge < -0.3 is 9.31 Å². The van der Waals surface area contributed by atoms with Crippen LogP contribution in [0.2, 0.25) is 0 Å². The maximum atomic E-state index is 5.97. The van der Waals surface area contributed by atoms with E-state index in [0.717, 1.165) is 5.57 Å². The van der Waals surface area contributed by atoms with E-state index in [1.54, 1.807) is 11.8 Å². The molecular weight excluding hydrogens is 207 g/mol. The Morgan fingerprint density at radius 2 is 1.80 bits per heavy atom. The van der Waals surface area contributed by atoms with E-state index in [2.05, 4.69) is 39.7 Å². The third-order valence-electron chi connectivity index (χ3n) is 3.39. The summed E-state index contributed by atoms with van der Waals surface area (Å²) in [5.74, 6) is 0. The number of hydrogen-bond acceptors (Lipinski definition) is 3. The van der Waals surface area contributed by atoms with Gasteiger partial charge in [-0.15, -0.1) is 11.8 Å². The molecule has 0 aliphatic carbocycles. The quantitative estimate of drug-likeness (QED) is 0.638. The lowest BCUT2D eigenvalue weighted by Gasteiger charge is -2.32. The first kappa shape index (κ1) is 11.3.